The predicted molar refractivity (Wildman–Crippen MR) is 168 cm³/mol. The van der Waals surface area contributed by atoms with Crippen LogP contribution in [-0.4, -0.2) is 50.8 Å². The lowest BCUT2D eigenvalue weighted by Crippen LogP contribution is -2.15. The molecular weight excluding hydrogens is 579 g/mol. The first-order valence-electron chi connectivity index (χ1n) is 14.1. The number of carbonyl (C=O) groups excluding carboxylic acids is 1. The number of pyridine rings is 1. The summed E-state index contributed by atoms with van der Waals surface area (Å²) in [5, 5.41) is 5.80. The maximum Gasteiger partial charge on any atom is 0.261 e. The van der Waals surface area contributed by atoms with E-state index in [9.17, 15) is 18.0 Å². The topological polar surface area (TPSA) is 87.5 Å². The molecule has 3 aromatic heterocycles. The summed E-state index contributed by atoms with van der Waals surface area (Å²) in [6, 6.07) is 22.4. The van der Waals surface area contributed by atoms with Crippen molar-refractivity contribution < 1.29 is 18.0 Å². The number of benzene rings is 3. The lowest BCUT2D eigenvalue weighted by molar-refractivity contribution is 0.101. The Bertz CT molecular complexity index is 2010. The lowest BCUT2D eigenvalue weighted by Gasteiger charge is -2.12. The number of carbonyl (C=O) groups is 1. The summed E-state index contributed by atoms with van der Waals surface area (Å²) in [6.45, 7) is 0.911. The van der Waals surface area contributed by atoms with Crippen molar-refractivity contribution in [2.24, 2.45) is 0 Å². The van der Waals surface area contributed by atoms with Gasteiger partial charge in [-0.3, -0.25) is 9.20 Å². The number of imidazole rings is 1. The third kappa shape index (κ3) is 6.38. The van der Waals surface area contributed by atoms with Gasteiger partial charge < -0.3 is 15.5 Å². The minimum Gasteiger partial charge on any atom is -0.324 e. The molecule has 6 rings (SSSR count). The quantitative estimate of drug-likeness (QED) is 0.185. The van der Waals surface area contributed by atoms with E-state index in [1.807, 2.05) is 32.3 Å². The summed E-state index contributed by atoms with van der Waals surface area (Å²) in [7, 11) is 4.06. The Morgan fingerprint density at radius 3 is 2.38 bits per heavy atom. The highest BCUT2D eigenvalue weighted by atomic mass is 19.1. The van der Waals surface area contributed by atoms with Crippen molar-refractivity contribution in [3.05, 3.63) is 126 Å². The van der Waals surface area contributed by atoms with Gasteiger partial charge in [0.1, 0.15) is 17.2 Å². The number of anilines is 3. The van der Waals surface area contributed by atoms with Gasteiger partial charge in [0.15, 0.2) is 11.5 Å². The molecule has 6 aromatic rings. The van der Waals surface area contributed by atoms with E-state index in [2.05, 4.69) is 31.6 Å². The van der Waals surface area contributed by atoms with Crippen LogP contribution in [0.2, 0.25) is 0 Å². The van der Waals surface area contributed by atoms with E-state index in [0.717, 1.165) is 36.3 Å². The molecular formula is C34H28F3N7O. The van der Waals surface area contributed by atoms with Crippen molar-refractivity contribution in [1.82, 2.24) is 24.3 Å². The van der Waals surface area contributed by atoms with Gasteiger partial charge in [-0.2, -0.15) is 0 Å². The number of rotatable bonds is 9. The van der Waals surface area contributed by atoms with E-state index in [1.165, 1.54) is 12.1 Å². The van der Waals surface area contributed by atoms with Gasteiger partial charge in [0.05, 0.1) is 17.1 Å². The largest absolute Gasteiger partial charge is 0.324 e. The first-order chi connectivity index (χ1) is 21.8. The number of likely N-dealkylation sites (N-methyl/N-ethyl adjacent to an activating group) is 1. The Balaban J connectivity index is 1.36. The van der Waals surface area contributed by atoms with Gasteiger partial charge in [0.2, 0.25) is 5.95 Å². The molecule has 0 saturated heterocycles. The summed E-state index contributed by atoms with van der Waals surface area (Å²) in [6.07, 6.45) is 4.16. The molecule has 0 aliphatic heterocycles. The van der Waals surface area contributed by atoms with E-state index >= 15 is 0 Å². The van der Waals surface area contributed by atoms with Crippen LogP contribution in [0.3, 0.4) is 0 Å². The minimum absolute atomic E-state index is 0.0760. The number of halogens is 3. The number of nitrogens with zero attached hydrogens (tertiary/aromatic N) is 5. The fraction of sp³-hybridized carbons (Fsp3) is 0.118. The number of fused-ring (bicyclic) bond motifs is 1. The molecule has 0 fully saturated rings. The molecule has 0 aliphatic carbocycles. The molecule has 0 spiro atoms. The van der Waals surface area contributed by atoms with E-state index in [0.29, 0.717) is 28.6 Å². The number of hydrogen-bond donors (Lipinski definition) is 2. The molecule has 0 bridgehead atoms. The zero-order valence-corrected chi connectivity index (χ0v) is 24.4. The average Bonchev–Trinajstić information content (AvgIpc) is 3.42. The van der Waals surface area contributed by atoms with Crippen molar-refractivity contribution in [2.45, 2.75) is 6.42 Å². The van der Waals surface area contributed by atoms with Crippen molar-refractivity contribution in [3.8, 4) is 22.6 Å². The molecule has 11 heteroatoms. The third-order valence-electron chi connectivity index (χ3n) is 7.12. The molecule has 3 heterocycles. The van der Waals surface area contributed by atoms with E-state index in [1.54, 1.807) is 53.2 Å². The van der Waals surface area contributed by atoms with Gasteiger partial charge in [-0.1, -0.05) is 30.3 Å². The van der Waals surface area contributed by atoms with Gasteiger partial charge >= 0.3 is 0 Å². The number of amides is 1. The zero-order valence-electron chi connectivity index (χ0n) is 24.4. The van der Waals surface area contributed by atoms with Gasteiger partial charge in [0, 0.05) is 35.9 Å². The standard InChI is InChI=1S/C34H28F3N7O/c1-43(2)18-15-21-7-3-9-23(19-21)40-34-38-16-14-28(41-34)31-30(42-32-27(37)13-6-17-44(31)32)22-8-4-10-24(20-22)39-33(45)29-25(35)11-5-12-26(29)36/h3-14,16-17,19-20H,15,18H2,1-2H3,(H,39,45)(H,38,40,41). The van der Waals surface area contributed by atoms with Crippen molar-refractivity contribution in [1.29, 1.82) is 0 Å². The fourth-order valence-electron chi connectivity index (χ4n) is 4.97. The van der Waals surface area contributed by atoms with Crippen LogP contribution in [0.25, 0.3) is 28.3 Å². The number of nitrogens with one attached hydrogen (secondary N) is 2. The zero-order chi connectivity index (χ0) is 31.5. The van der Waals surface area contributed by atoms with Crippen LogP contribution < -0.4 is 10.6 Å². The second-order valence-corrected chi connectivity index (χ2v) is 10.6. The average molecular weight is 608 g/mol. The minimum atomic E-state index is -0.977. The second kappa shape index (κ2) is 12.6. The van der Waals surface area contributed by atoms with Crippen molar-refractivity contribution in [3.63, 3.8) is 0 Å². The molecule has 0 atom stereocenters. The molecule has 0 unspecified atom stereocenters. The van der Waals surface area contributed by atoms with Gasteiger partial charge in [0.25, 0.3) is 5.91 Å². The highest BCUT2D eigenvalue weighted by Gasteiger charge is 2.21. The van der Waals surface area contributed by atoms with Crippen LogP contribution in [0, 0.1) is 17.5 Å². The molecule has 0 radical (unpaired) electrons. The third-order valence-corrected chi connectivity index (χ3v) is 7.12. The Kier molecular flexibility index (Phi) is 8.26. The Morgan fingerprint density at radius 1 is 0.844 bits per heavy atom. The fourth-order valence-corrected chi connectivity index (χ4v) is 4.97. The molecule has 2 N–H and O–H groups in total. The van der Waals surface area contributed by atoms with E-state index in [-0.39, 0.29) is 11.3 Å². The van der Waals surface area contributed by atoms with Gasteiger partial charge in [-0.15, -0.1) is 0 Å². The molecule has 0 saturated carbocycles. The second-order valence-electron chi connectivity index (χ2n) is 10.6. The SMILES string of the molecule is CN(C)CCc1cccc(Nc2nccc(-c3c(-c4cccc(NC(=O)c5c(F)cccc5F)c4)nc4c(F)cccn34)n2)c1. The molecule has 45 heavy (non-hydrogen) atoms. The summed E-state index contributed by atoms with van der Waals surface area (Å²) >= 11 is 0. The Morgan fingerprint density at radius 2 is 1.58 bits per heavy atom. The maximum atomic E-state index is 15.0. The van der Waals surface area contributed by atoms with Crippen LogP contribution in [0.1, 0.15) is 15.9 Å². The van der Waals surface area contributed by atoms with Crippen LogP contribution in [-0.2, 0) is 6.42 Å². The summed E-state index contributed by atoms with van der Waals surface area (Å²) < 4.78 is 45.0. The smallest absolute Gasteiger partial charge is 0.261 e. The van der Waals surface area contributed by atoms with Crippen molar-refractivity contribution >= 4 is 28.9 Å². The van der Waals surface area contributed by atoms with Crippen LogP contribution in [0.5, 0.6) is 0 Å². The molecule has 1 amide bonds. The van der Waals surface area contributed by atoms with Gasteiger partial charge in [-0.05, 0) is 80.7 Å². The molecule has 0 aliphatic rings. The number of hydrogen-bond acceptors (Lipinski definition) is 6. The van der Waals surface area contributed by atoms with Crippen LogP contribution in [0.4, 0.5) is 30.5 Å². The lowest BCUT2D eigenvalue weighted by atomic mass is 10.1. The predicted octanol–water partition coefficient (Wildman–Crippen LogP) is 6.98. The van der Waals surface area contributed by atoms with E-state index in [4.69, 9.17) is 4.98 Å². The highest BCUT2D eigenvalue weighted by Crippen LogP contribution is 2.34. The molecule has 226 valence electrons. The first kappa shape index (κ1) is 29.5. The van der Waals surface area contributed by atoms with Crippen molar-refractivity contribution in [2.75, 3.05) is 31.3 Å². The molecule has 3 aromatic carbocycles. The summed E-state index contributed by atoms with van der Waals surface area (Å²) in [5.74, 6) is -3.10. The Labute approximate surface area is 257 Å². The summed E-state index contributed by atoms with van der Waals surface area (Å²) in [5.41, 5.74) is 3.48. The van der Waals surface area contributed by atoms with Crippen LogP contribution >= 0.6 is 0 Å². The first-order valence-corrected chi connectivity index (χ1v) is 14.1. The van der Waals surface area contributed by atoms with Gasteiger partial charge in [-0.25, -0.2) is 28.1 Å². The van der Waals surface area contributed by atoms with E-state index < -0.39 is 28.9 Å². The number of aromatic nitrogens is 4. The van der Waals surface area contributed by atoms with Crippen LogP contribution in [0.15, 0.2) is 97.3 Å². The maximum absolute atomic E-state index is 15.0. The summed E-state index contributed by atoms with van der Waals surface area (Å²) in [4.78, 5) is 28.6. The highest BCUT2D eigenvalue weighted by molar-refractivity contribution is 6.05. The molecule has 8 nitrogen and oxygen atoms in total. The Hall–Kier alpha value is -5.55. The normalized spacial score (nSPS) is 11.2. The monoisotopic (exact) mass is 607 g/mol.